The van der Waals surface area contributed by atoms with E-state index < -0.39 is 0 Å². The third-order valence-electron chi connectivity index (χ3n) is 2.71. The first-order valence-corrected chi connectivity index (χ1v) is 5.58. The Balaban J connectivity index is 2.13. The van der Waals surface area contributed by atoms with Gasteiger partial charge in [-0.05, 0) is 5.56 Å². The molecule has 1 N–H and O–H groups in total. The maximum Gasteiger partial charge on any atom is 0.256 e. The number of nitrogens with one attached hydrogen (secondary N) is 1. The maximum atomic E-state index is 12.1. The largest absolute Gasteiger partial charge is 0.366 e. The molecule has 0 bridgehead atoms. The highest BCUT2D eigenvalue weighted by Crippen LogP contribution is 2.11. The summed E-state index contributed by atoms with van der Waals surface area (Å²) in [6, 6.07) is 11.7. The van der Waals surface area contributed by atoms with Crippen LogP contribution in [0.4, 0.5) is 0 Å². The monoisotopic (exact) mass is 239 g/mol. The van der Waals surface area contributed by atoms with Crippen molar-refractivity contribution in [1.82, 2.24) is 9.88 Å². The zero-order valence-corrected chi connectivity index (χ0v) is 10.1. The summed E-state index contributed by atoms with van der Waals surface area (Å²) in [7, 11) is 1.73. The molecular weight excluding hydrogens is 226 g/mol. The Morgan fingerprint density at radius 1 is 1.33 bits per heavy atom. The fraction of sp³-hybridized carbons (Fsp3) is 0.143. The smallest absolute Gasteiger partial charge is 0.256 e. The molecule has 0 aliphatic heterocycles. The average Bonchev–Trinajstić information content (AvgIpc) is 2.87. The van der Waals surface area contributed by atoms with Gasteiger partial charge in [0.25, 0.3) is 5.91 Å². The van der Waals surface area contributed by atoms with E-state index in [0.29, 0.717) is 17.7 Å². The molecule has 18 heavy (non-hydrogen) atoms. The van der Waals surface area contributed by atoms with Gasteiger partial charge >= 0.3 is 0 Å². The van der Waals surface area contributed by atoms with E-state index in [4.69, 9.17) is 5.26 Å². The number of amides is 1. The standard InChI is InChI=1S/C14H13N3O/c1-17(10-11-5-3-2-4-6-11)14(18)13-9-16-8-12(13)7-15/h2-6,8-9,16H,10H2,1H3. The SMILES string of the molecule is CN(Cc1ccccc1)C(=O)c1c[nH]cc1C#N. The van der Waals surface area contributed by atoms with Gasteiger partial charge in [-0.3, -0.25) is 4.79 Å². The summed E-state index contributed by atoms with van der Waals surface area (Å²) in [5.74, 6) is -0.156. The van der Waals surface area contributed by atoms with Gasteiger partial charge in [0, 0.05) is 26.0 Å². The fourth-order valence-electron chi connectivity index (χ4n) is 1.77. The highest BCUT2D eigenvalue weighted by atomic mass is 16.2. The minimum absolute atomic E-state index is 0.156. The number of aromatic nitrogens is 1. The Morgan fingerprint density at radius 3 is 2.72 bits per heavy atom. The molecule has 90 valence electrons. The first kappa shape index (κ1) is 11.9. The van der Waals surface area contributed by atoms with Crippen LogP contribution in [0.3, 0.4) is 0 Å². The van der Waals surface area contributed by atoms with Crippen molar-refractivity contribution < 1.29 is 4.79 Å². The van der Waals surface area contributed by atoms with E-state index in [0.717, 1.165) is 5.56 Å². The van der Waals surface area contributed by atoms with Gasteiger partial charge in [0.1, 0.15) is 6.07 Å². The quantitative estimate of drug-likeness (QED) is 0.892. The Labute approximate surface area is 105 Å². The summed E-state index contributed by atoms with van der Waals surface area (Å²) < 4.78 is 0. The lowest BCUT2D eigenvalue weighted by molar-refractivity contribution is 0.0785. The van der Waals surface area contributed by atoms with Crippen LogP contribution in [0.2, 0.25) is 0 Å². The van der Waals surface area contributed by atoms with E-state index in [-0.39, 0.29) is 5.91 Å². The van der Waals surface area contributed by atoms with E-state index in [1.54, 1.807) is 18.1 Å². The summed E-state index contributed by atoms with van der Waals surface area (Å²) in [5, 5.41) is 8.89. The molecule has 0 saturated carbocycles. The zero-order chi connectivity index (χ0) is 13.0. The first-order chi connectivity index (χ1) is 8.72. The lowest BCUT2D eigenvalue weighted by atomic mass is 10.1. The average molecular weight is 239 g/mol. The lowest BCUT2D eigenvalue weighted by Crippen LogP contribution is -2.26. The van der Waals surface area contributed by atoms with Crippen LogP contribution in [0.15, 0.2) is 42.7 Å². The molecule has 1 aromatic carbocycles. The van der Waals surface area contributed by atoms with Crippen LogP contribution in [0.1, 0.15) is 21.5 Å². The van der Waals surface area contributed by atoms with Crippen molar-refractivity contribution in [2.45, 2.75) is 6.54 Å². The molecule has 1 amide bonds. The Bertz CT molecular complexity index is 581. The lowest BCUT2D eigenvalue weighted by Gasteiger charge is -2.16. The van der Waals surface area contributed by atoms with Crippen molar-refractivity contribution in [2.75, 3.05) is 7.05 Å². The van der Waals surface area contributed by atoms with E-state index >= 15 is 0 Å². The predicted octanol–water partition coefficient (Wildman–Crippen LogP) is 2.16. The van der Waals surface area contributed by atoms with Crippen molar-refractivity contribution >= 4 is 5.91 Å². The molecule has 2 aromatic rings. The highest BCUT2D eigenvalue weighted by Gasteiger charge is 2.16. The molecule has 0 radical (unpaired) electrons. The topological polar surface area (TPSA) is 59.9 Å². The number of carbonyl (C=O) groups is 1. The van der Waals surface area contributed by atoms with Gasteiger partial charge in [-0.1, -0.05) is 30.3 Å². The van der Waals surface area contributed by atoms with Crippen molar-refractivity contribution in [1.29, 1.82) is 5.26 Å². The maximum absolute atomic E-state index is 12.1. The molecule has 4 nitrogen and oxygen atoms in total. The number of benzene rings is 1. The predicted molar refractivity (Wildman–Crippen MR) is 67.7 cm³/mol. The molecule has 2 rings (SSSR count). The summed E-state index contributed by atoms with van der Waals surface area (Å²) in [6.45, 7) is 0.524. The first-order valence-electron chi connectivity index (χ1n) is 5.58. The molecule has 0 spiro atoms. The molecule has 0 aliphatic carbocycles. The van der Waals surface area contributed by atoms with Gasteiger partial charge in [-0.15, -0.1) is 0 Å². The van der Waals surface area contributed by atoms with E-state index in [9.17, 15) is 4.79 Å². The number of aromatic amines is 1. The molecule has 1 aromatic heterocycles. The highest BCUT2D eigenvalue weighted by molar-refractivity contribution is 5.96. The number of carbonyl (C=O) groups excluding carboxylic acids is 1. The van der Waals surface area contributed by atoms with E-state index in [1.807, 2.05) is 36.4 Å². The Kier molecular flexibility index (Phi) is 3.44. The van der Waals surface area contributed by atoms with Crippen molar-refractivity contribution in [3.05, 3.63) is 59.4 Å². The van der Waals surface area contributed by atoms with Crippen molar-refractivity contribution in [2.24, 2.45) is 0 Å². The molecular formula is C14H13N3O. The number of nitrogens with zero attached hydrogens (tertiary/aromatic N) is 2. The second-order valence-electron chi connectivity index (χ2n) is 4.04. The summed E-state index contributed by atoms with van der Waals surface area (Å²) >= 11 is 0. The molecule has 0 unspecified atom stereocenters. The minimum atomic E-state index is -0.156. The summed E-state index contributed by atoms with van der Waals surface area (Å²) in [6.07, 6.45) is 3.09. The number of hydrogen-bond donors (Lipinski definition) is 1. The van der Waals surface area contributed by atoms with Gasteiger partial charge in [0.05, 0.1) is 11.1 Å². The number of nitriles is 1. The number of rotatable bonds is 3. The van der Waals surface area contributed by atoms with Crippen LogP contribution in [0.5, 0.6) is 0 Å². The van der Waals surface area contributed by atoms with Crippen LogP contribution in [0.25, 0.3) is 0 Å². The van der Waals surface area contributed by atoms with Gasteiger partial charge in [0.15, 0.2) is 0 Å². The van der Waals surface area contributed by atoms with Crippen molar-refractivity contribution in [3.8, 4) is 6.07 Å². The van der Waals surface area contributed by atoms with Gasteiger partial charge in [-0.25, -0.2) is 0 Å². The molecule has 0 fully saturated rings. The van der Waals surface area contributed by atoms with Crippen LogP contribution in [-0.2, 0) is 6.54 Å². The van der Waals surface area contributed by atoms with Crippen LogP contribution >= 0.6 is 0 Å². The molecule has 0 aliphatic rings. The van der Waals surface area contributed by atoms with Crippen LogP contribution in [-0.4, -0.2) is 22.8 Å². The second-order valence-corrected chi connectivity index (χ2v) is 4.04. The number of H-pyrrole nitrogens is 1. The van der Waals surface area contributed by atoms with E-state index in [2.05, 4.69) is 4.98 Å². The third kappa shape index (κ3) is 2.41. The third-order valence-corrected chi connectivity index (χ3v) is 2.71. The van der Waals surface area contributed by atoms with Gasteiger partial charge in [-0.2, -0.15) is 5.26 Å². The van der Waals surface area contributed by atoms with Gasteiger partial charge in [0.2, 0.25) is 0 Å². The zero-order valence-electron chi connectivity index (χ0n) is 10.1. The fourth-order valence-corrected chi connectivity index (χ4v) is 1.77. The van der Waals surface area contributed by atoms with Crippen LogP contribution < -0.4 is 0 Å². The molecule has 1 heterocycles. The van der Waals surface area contributed by atoms with Gasteiger partial charge < -0.3 is 9.88 Å². The molecule has 4 heteroatoms. The number of hydrogen-bond acceptors (Lipinski definition) is 2. The summed E-state index contributed by atoms with van der Waals surface area (Å²) in [5.41, 5.74) is 1.85. The van der Waals surface area contributed by atoms with Crippen molar-refractivity contribution in [3.63, 3.8) is 0 Å². The Morgan fingerprint density at radius 2 is 2.06 bits per heavy atom. The summed E-state index contributed by atoms with van der Waals surface area (Å²) in [4.78, 5) is 16.5. The second kappa shape index (κ2) is 5.19. The molecule has 0 atom stereocenters. The minimum Gasteiger partial charge on any atom is -0.366 e. The van der Waals surface area contributed by atoms with Crippen LogP contribution in [0, 0.1) is 11.3 Å². The van der Waals surface area contributed by atoms with E-state index in [1.165, 1.54) is 6.20 Å². The Hall–Kier alpha value is -2.54. The molecule has 0 saturated heterocycles. The normalized spacial score (nSPS) is 9.78.